The molecule has 3 heteroatoms. The van der Waals surface area contributed by atoms with E-state index < -0.39 is 0 Å². The number of rotatable bonds is 6. The molecule has 1 fully saturated rings. The van der Waals surface area contributed by atoms with Crippen molar-refractivity contribution in [3.8, 4) is 0 Å². The first-order valence-electron chi connectivity index (χ1n) is 4.40. The van der Waals surface area contributed by atoms with E-state index in [4.69, 9.17) is 4.74 Å². The summed E-state index contributed by atoms with van der Waals surface area (Å²) in [7, 11) is 0. The zero-order valence-corrected chi connectivity index (χ0v) is 8.23. The van der Waals surface area contributed by atoms with Gasteiger partial charge >= 0.3 is 5.97 Å². The van der Waals surface area contributed by atoms with Crippen molar-refractivity contribution >= 4 is 17.7 Å². The van der Waals surface area contributed by atoms with Crippen LogP contribution in [0.2, 0.25) is 0 Å². The van der Waals surface area contributed by atoms with Crippen LogP contribution in [0.1, 0.15) is 19.8 Å². The molecule has 0 atom stereocenters. The third-order valence-electron chi connectivity index (χ3n) is 1.70. The lowest BCUT2D eigenvalue weighted by atomic mass is 10.5. The van der Waals surface area contributed by atoms with E-state index in [-0.39, 0.29) is 5.97 Å². The van der Waals surface area contributed by atoms with Crippen molar-refractivity contribution in [3.63, 3.8) is 0 Å². The van der Waals surface area contributed by atoms with E-state index in [1.165, 1.54) is 18.6 Å². The number of hydrogen-bond acceptors (Lipinski definition) is 3. The second kappa shape index (κ2) is 5.46. The first-order valence-corrected chi connectivity index (χ1v) is 5.56. The van der Waals surface area contributed by atoms with Crippen LogP contribution in [0.3, 0.4) is 0 Å². The maximum atomic E-state index is 10.8. The van der Waals surface area contributed by atoms with Gasteiger partial charge in [-0.05, 0) is 31.4 Å². The van der Waals surface area contributed by atoms with Gasteiger partial charge in [0.2, 0.25) is 0 Å². The highest BCUT2D eigenvalue weighted by Crippen LogP contribution is 2.32. The second-order valence-corrected chi connectivity index (χ2v) is 4.01. The minimum absolute atomic E-state index is 0.180. The summed E-state index contributed by atoms with van der Waals surface area (Å²) in [4.78, 5) is 10.8. The van der Waals surface area contributed by atoms with E-state index in [0.29, 0.717) is 6.61 Å². The lowest BCUT2D eigenvalue weighted by Gasteiger charge is -2.00. The Morgan fingerprint density at radius 3 is 3.00 bits per heavy atom. The Morgan fingerprint density at radius 2 is 2.42 bits per heavy atom. The monoisotopic (exact) mass is 187 g/mol. The Morgan fingerprint density at radius 1 is 1.67 bits per heavy atom. The summed E-state index contributed by atoms with van der Waals surface area (Å²) >= 11 is 1.82. The number of hydrogen-bond donors (Lipinski definition) is 0. The molecule has 0 aliphatic heterocycles. The first-order chi connectivity index (χ1) is 5.83. The molecular weight excluding hydrogens is 172 g/mol. The molecule has 0 aromatic heterocycles. The maximum absolute atomic E-state index is 10.8. The number of thioether (sulfide) groups is 1. The molecule has 2 nitrogen and oxygen atoms in total. The van der Waals surface area contributed by atoms with Gasteiger partial charge in [-0.2, -0.15) is 11.8 Å². The van der Waals surface area contributed by atoms with Crippen LogP contribution in [0, 0.1) is 12.3 Å². The lowest BCUT2D eigenvalue weighted by molar-refractivity contribution is -0.138. The molecule has 0 spiro atoms. The maximum Gasteiger partial charge on any atom is 0.310 e. The Bertz CT molecular complexity index is 143. The van der Waals surface area contributed by atoms with Crippen molar-refractivity contribution in [1.29, 1.82) is 0 Å². The Kier molecular flexibility index (Phi) is 4.51. The zero-order chi connectivity index (χ0) is 8.81. The third-order valence-corrected chi connectivity index (χ3v) is 2.81. The highest BCUT2D eigenvalue weighted by atomic mass is 32.2. The molecule has 0 aromatic carbocycles. The third kappa shape index (κ3) is 4.65. The molecule has 0 heterocycles. The molecule has 1 aliphatic rings. The van der Waals surface area contributed by atoms with Gasteiger partial charge in [-0.1, -0.05) is 0 Å². The summed E-state index contributed by atoms with van der Waals surface area (Å²) in [5.74, 6) is 2.76. The topological polar surface area (TPSA) is 26.3 Å². The molecule has 1 saturated carbocycles. The van der Waals surface area contributed by atoms with E-state index in [0.717, 1.165) is 11.7 Å². The van der Waals surface area contributed by atoms with E-state index in [1.807, 2.05) is 18.7 Å². The molecule has 1 rings (SSSR count). The minimum Gasteiger partial charge on any atom is -0.466 e. The Balaban J connectivity index is 1.83. The Hall–Kier alpha value is -0.180. The van der Waals surface area contributed by atoms with Crippen molar-refractivity contribution in [2.45, 2.75) is 19.8 Å². The summed E-state index contributed by atoms with van der Waals surface area (Å²) in [6.45, 7) is 2.30. The minimum atomic E-state index is -0.180. The van der Waals surface area contributed by atoms with Crippen molar-refractivity contribution in [3.05, 3.63) is 6.42 Å². The summed E-state index contributed by atoms with van der Waals surface area (Å²) in [6.07, 6.45) is 4.38. The Labute approximate surface area is 78.1 Å². The van der Waals surface area contributed by atoms with Crippen molar-refractivity contribution < 1.29 is 9.53 Å². The van der Waals surface area contributed by atoms with Gasteiger partial charge in [0.15, 0.2) is 0 Å². The predicted molar refractivity (Wildman–Crippen MR) is 51.0 cm³/mol. The fraction of sp³-hybridized carbons (Fsp3) is 0.778. The standard InChI is InChI=1S/C9H15O2S/c1-2-11-9(10)5-6-12-7-8-3-4-8/h5,8H,2-4,6-7H2,1H3. The molecule has 0 aromatic rings. The SMILES string of the molecule is CCOC(=O)[CH]CSCC1CC1. The van der Waals surface area contributed by atoms with Gasteiger partial charge in [0.1, 0.15) is 0 Å². The van der Waals surface area contributed by atoms with Crippen LogP contribution in [-0.2, 0) is 9.53 Å². The average molecular weight is 187 g/mol. The van der Waals surface area contributed by atoms with Crippen molar-refractivity contribution in [1.82, 2.24) is 0 Å². The average Bonchev–Trinajstić information content (AvgIpc) is 2.82. The van der Waals surface area contributed by atoms with Gasteiger partial charge < -0.3 is 4.74 Å². The smallest absolute Gasteiger partial charge is 0.310 e. The number of ether oxygens (including phenoxy) is 1. The summed E-state index contributed by atoms with van der Waals surface area (Å²) in [5, 5.41) is 0. The van der Waals surface area contributed by atoms with Crippen LogP contribution in [0.5, 0.6) is 0 Å². The van der Waals surface area contributed by atoms with Crippen LogP contribution in [0.15, 0.2) is 0 Å². The van der Waals surface area contributed by atoms with Crippen molar-refractivity contribution in [2.24, 2.45) is 5.92 Å². The van der Waals surface area contributed by atoms with Crippen LogP contribution in [0.25, 0.3) is 0 Å². The summed E-state index contributed by atoms with van der Waals surface area (Å²) in [5.41, 5.74) is 0. The number of carbonyl (C=O) groups is 1. The van der Waals surface area contributed by atoms with Crippen LogP contribution in [0.4, 0.5) is 0 Å². The second-order valence-electron chi connectivity index (χ2n) is 2.94. The van der Waals surface area contributed by atoms with Gasteiger partial charge in [-0.25, -0.2) is 0 Å². The molecule has 69 valence electrons. The van der Waals surface area contributed by atoms with Crippen molar-refractivity contribution in [2.75, 3.05) is 18.1 Å². The molecule has 0 bridgehead atoms. The predicted octanol–water partition coefficient (Wildman–Crippen LogP) is 1.90. The van der Waals surface area contributed by atoms with E-state index in [2.05, 4.69) is 0 Å². The highest BCUT2D eigenvalue weighted by molar-refractivity contribution is 7.99. The number of esters is 1. The molecule has 0 saturated heterocycles. The lowest BCUT2D eigenvalue weighted by Crippen LogP contribution is -2.05. The van der Waals surface area contributed by atoms with E-state index in [9.17, 15) is 4.79 Å². The number of carbonyl (C=O) groups excluding carboxylic acids is 1. The summed E-state index contributed by atoms with van der Waals surface area (Å²) < 4.78 is 4.76. The molecule has 1 aliphatic carbocycles. The quantitative estimate of drug-likeness (QED) is 0.469. The van der Waals surface area contributed by atoms with Gasteiger partial charge in [-0.15, -0.1) is 0 Å². The van der Waals surface area contributed by atoms with Gasteiger partial charge in [0.25, 0.3) is 0 Å². The van der Waals surface area contributed by atoms with Crippen LogP contribution < -0.4 is 0 Å². The van der Waals surface area contributed by atoms with Gasteiger partial charge in [-0.3, -0.25) is 4.79 Å². The molecule has 0 N–H and O–H groups in total. The largest absolute Gasteiger partial charge is 0.466 e. The van der Waals surface area contributed by atoms with Crippen LogP contribution >= 0.6 is 11.8 Å². The normalized spacial score (nSPS) is 16.1. The van der Waals surface area contributed by atoms with Gasteiger partial charge in [0, 0.05) is 5.75 Å². The van der Waals surface area contributed by atoms with Crippen LogP contribution in [-0.4, -0.2) is 24.1 Å². The fourth-order valence-corrected chi connectivity index (χ4v) is 1.90. The first kappa shape index (κ1) is 9.90. The molecule has 1 radical (unpaired) electrons. The molecule has 0 amide bonds. The molecule has 0 unspecified atom stereocenters. The fourth-order valence-electron chi connectivity index (χ4n) is 0.847. The zero-order valence-electron chi connectivity index (χ0n) is 7.41. The van der Waals surface area contributed by atoms with Gasteiger partial charge in [0.05, 0.1) is 13.0 Å². The molecule has 12 heavy (non-hydrogen) atoms. The molecular formula is C9H15O2S. The van der Waals surface area contributed by atoms with E-state index >= 15 is 0 Å². The highest BCUT2D eigenvalue weighted by Gasteiger charge is 2.20. The summed E-state index contributed by atoms with van der Waals surface area (Å²) in [6, 6.07) is 0. The van der Waals surface area contributed by atoms with E-state index in [1.54, 1.807) is 6.42 Å².